The van der Waals surface area contributed by atoms with Gasteiger partial charge in [0.25, 0.3) is 0 Å². The van der Waals surface area contributed by atoms with Gasteiger partial charge in [0.15, 0.2) is 11.6 Å². The number of benzene rings is 6. The molecule has 256 valence electrons. The van der Waals surface area contributed by atoms with E-state index in [0.717, 1.165) is 84.5 Å². The van der Waals surface area contributed by atoms with Crippen LogP contribution < -0.4 is 18.9 Å². The number of hydrogen-bond acceptors (Lipinski definition) is 6. The number of ether oxygens (including phenoxy) is 4. The van der Waals surface area contributed by atoms with Crippen LogP contribution in [0.3, 0.4) is 0 Å². The Balaban J connectivity index is 1.45. The van der Waals surface area contributed by atoms with Crippen molar-refractivity contribution < 1.29 is 18.9 Å². The van der Waals surface area contributed by atoms with Crippen LogP contribution in [0.2, 0.25) is 0 Å². The van der Waals surface area contributed by atoms with E-state index in [2.05, 4.69) is 64.1 Å². The standard InChI is InChI=1S/C44H36N4O4/c1-49-33-20-12-29(13-21-33)39-40(30-14-22-34(50-2)23-15-30)46-43(45-39)44-47-41(31-16-24-35(51-3)25-17-31)42(32-18-26-36(52-4)27-19-32)48(44)38-11-7-9-28-8-5-6-10-37(28)38/h5-27H,1-4H3,(H,45,46). The molecule has 0 saturated heterocycles. The van der Waals surface area contributed by atoms with Gasteiger partial charge in [-0.25, -0.2) is 9.97 Å². The van der Waals surface area contributed by atoms with E-state index >= 15 is 0 Å². The molecule has 0 bridgehead atoms. The van der Waals surface area contributed by atoms with Crippen LogP contribution in [-0.4, -0.2) is 48.0 Å². The van der Waals surface area contributed by atoms with E-state index in [-0.39, 0.29) is 0 Å². The minimum absolute atomic E-state index is 0.610. The maximum atomic E-state index is 5.55. The summed E-state index contributed by atoms with van der Waals surface area (Å²) in [6.45, 7) is 0. The lowest BCUT2D eigenvalue weighted by Crippen LogP contribution is -2.02. The second-order valence-corrected chi connectivity index (χ2v) is 12.2. The summed E-state index contributed by atoms with van der Waals surface area (Å²) in [6.07, 6.45) is 0. The number of aromatic nitrogens is 4. The van der Waals surface area contributed by atoms with Crippen LogP contribution in [0, 0.1) is 0 Å². The molecule has 0 saturated carbocycles. The Labute approximate surface area is 301 Å². The predicted molar refractivity (Wildman–Crippen MR) is 207 cm³/mol. The SMILES string of the molecule is COc1ccc(-c2nc(-c3nc(-c4ccc(OC)cc4)c(-c4ccc(OC)cc4)n3-c3cccc4ccccc34)[nH]c2-c2ccc(OC)cc2)cc1. The van der Waals surface area contributed by atoms with Crippen LogP contribution in [0.25, 0.3) is 73.1 Å². The van der Waals surface area contributed by atoms with Gasteiger partial charge in [0, 0.05) is 27.6 Å². The zero-order valence-electron chi connectivity index (χ0n) is 29.3. The van der Waals surface area contributed by atoms with Crippen molar-refractivity contribution in [3.63, 3.8) is 0 Å². The topological polar surface area (TPSA) is 83.4 Å². The monoisotopic (exact) mass is 684 g/mol. The molecule has 0 atom stereocenters. The van der Waals surface area contributed by atoms with Crippen LogP contribution in [-0.2, 0) is 0 Å². The largest absolute Gasteiger partial charge is 0.497 e. The zero-order chi connectivity index (χ0) is 35.6. The average Bonchev–Trinajstić information content (AvgIpc) is 3.84. The maximum Gasteiger partial charge on any atom is 0.182 e. The van der Waals surface area contributed by atoms with Gasteiger partial charge in [0.1, 0.15) is 23.0 Å². The molecule has 8 nitrogen and oxygen atoms in total. The number of rotatable bonds is 10. The van der Waals surface area contributed by atoms with Crippen molar-refractivity contribution in [2.24, 2.45) is 0 Å². The third-order valence-corrected chi connectivity index (χ3v) is 9.27. The molecule has 0 aliphatic heterocycles. The molecule has 0 aliphatic carbocycles. The Morgan fingerprint density at radius 1 is 0.462 bits per heavy atom. The first kappa shape index (κ1) is 32.4. The molecule has 0 radical (unpaired) electrons. The number of methoxy groups -OCH3 is 4. The number of nitrogens with one attached hydrogen (secondary N) is 1. The molecule has 2 heterocycles. The van der Waals surface area contributed by atoms with E-state index in [1.54, 1.807) is 28.4 Å². The molecule has 2 aromatic heterocycles. The first-order valence-corrected chi connectivity index (χ1v) is 16.9. The molecule has 8 rings (SSSR count). The summed E-state index contributed by atoms with van der Waals surface area (Å²) in [4.78, 5) is 14.5. The Hall–Kier alpha value is -6.80. The van der Waals surface area contributed by atoms with Gasteiger partial charge in [0.2, 0.25) is 0 Å². The molecule has 52 heavy (non-hydrogen) atoms. The highest BCUT2D eigenvalue weighted by Gasteiger charge is 2.27. The highest BCUT2D eigenvalue weighted by molar-refractivity contribution is 5.94. The molecule has 0 spiro atoms. The number of nitrogens with zero attached hydrogens (tertiary/aromatic N) is 3. The maximum absolute atomic E-state index is 5.55. The Morgan fingerprint density at radius 3 is 1.50 bits per heavy atom. The smallest absolute Gasteiger partial charge is 0.182 e. The van der Waals surface area contributed by atoms with Crippen LogP contribution in [0.4, 0.5) is 0 Å². The number of fused-ring (bicyclic) bond motifs is 1. The third-order valence-electron chi connectivity index (χ3n) is 9.27. The van der Waals surface area contributed by atoms with Crippen LogP contribution >= 0.6 is 0 Å². The van der Waals surface area contributed by atoms with Crippen molar-refractivity contribution in [2.45, 2.75) is 0 Å². The summed E-state index contributed by atoms with van der Waals surface area (Å²) in [5, 5.41) is 2.20. The second kappa shape index (κ2) is 13.8. The molecule has 6 aromatic carbocycles. The van der Waals surface area contributed by atoms with Crippen LogP contribution in [0.15, 0.2) is 140 Å². The minimum atomic E-state index is 0.610. The number of imidazole rings is 2. The highest BCUT2D eigenvalue weighted by atomic mass is 16.5. The lowest BCUT2D eigenvalue weighted by atomic mass is 10.0. The minimum Gasteiger partial charge on any atom is -0.497 e. The molecule has 0 aliphatic rings. The molecule has 0 fully saturated rings. The van der Waals surface area contributed by atoms with Gasteiger partial charge in [-0.15, -0.1) is 0 Å². The number of hydrogen-bond donors (Lipinski definition) is 1. The quantitative estimate of drug-likeness (QED) is 0.154. The summed E-state index contributed by atoms with van der Waals surface area (Å²) < 4.78 is 24.3. The lowest BCUT2D eigenvalue weighted by molar-refractivity contribution is 0.414. The van der Waals surface area contributed by atoms with Gasteiger partial charge in [-0.3, -0.25) is 4.57 Å². The number of H-pyrrole nitrogens is 1. The van der Waals surface area contributed by atoms with Crippen molar-refractivity contribution in [1.82, 2.24) is 19.5 Å². The fourth-order valence-corrected chi connectivity index (χ4v) is 6.59. The van der Waals surface area contributed by atoms with Crippen LogP contribution in [0.5, 0.6) is 23.0 Å². The summed E-state index contributed by atoms with van der Waals surface area (Å²) in [7, 11) is 6.68. The normalized spacial score (nSPS) is 11.1. The molecule has 8 heteroatoms. The first-order chi connectivity index (χ1) is 25.6. The lowest BCUT2D eigenvalue weighted by Gasteiger charge is -2.15. The zero-order valence-corrected chi connectivity index (χ0v) is 29.3. The van der Waals surface area contributed by atoms with Crippen molar-refractivity contribution in [1.29, 1.82) is 0 Å². The molecule has 1 N–H and O–H groups in total. The fraction of sp³-hybridized carbons (Fsp3) is 0.0909. The van der Waals surface area contributed by atoms with E-state index in [0.29, 0.717) is 11.6 Å². The predicted octanol–water partition coefficient (Wildman–Crippen LogP) is 10.1. The van der Waals surface area contributed by atoms with Crippen molar-refractivity contribution in [3.8, 4) is 85.4 Å². The van der Waals surface area contributed by atoms with Gasteiger partial charge in [0.05, 0.1) is 56.9 Å². The Kier molecular flexibility index (Phi) is 8.63. The van der Waals surface area contributed by atoms with Crippen molar-refractivity contribution >= 4 is 10.8 Å². The molecule has 8 aromatic rings. The average molecular weight is 685 g/mol. The molecular weight excluding hydrogens is 649 g/mol. The Bertz CT molecular complexity index is 2410. The molecular formula is C44H36N4O4. The van der Waals surface area contributed by atoms with Gasteiger partial charge in [-0.2, -0.15) is 0 Å². The van der Waals surface area contributed by atoms with Gasteiger partial charge in [-0.1, -0.05) is 36.4 Å². The van der Waals surface area contributed by atoms with E-state index in [1.165, 1.54) is 0 Å². The van der Waals surface area contributed by atoms with Crippen LogP contribution in [0.1, 0.15) is 0 Å². The van der Waals surface area contributed by atoms with E-state index in [4.69, 9.17) is 28.9 Å². The van der Waals surface area contributed by atoms with Crippen molar-refractivity contribution in [3.05, 3.63) is 140 Å². The Morgan fingerprint density at radius 2 is 0.942 bits per heavy atom. The van der Waals surface area contributed by atoms with Gasteiger partial charge < -0.3 is 23.9 Å². The summed E-state index contributed by atoms with van der Waals surface area (Å²) >= 11 is 0. The van der Waals surface area contributed by atoms with Gasteiger partial charge in [-0.05, 0) is 109 Å². The van der Waals surface area contributed by atoms with E-state index in [1.807, 2.05) is 84.9 Å². The third kappa shape index (κ3) is 5.90. The van der Waals surface area contributed by atoms with Gasteiger partial charge >= 0.3 is 0 Å². The van der Waals surface area contributed by atoms with E-state index in [9.17, 15) is 0 Å². The fourth-order valence-electron chi connectivity index (χ4n) is 6.59. The molecule has 0 amide bonds. The second-order valence-electron chi connectivity index (χ2n) is 12.2. The number of aromatic amines is 1. The summed E-state index contributed by atoms with van der Waals surface area (Å²) in [5.74, 6) is 4.34. The first-order valence-electron chi connectivity index (χ1n) is 16.9. The summed E-state index contributed by atoms with van der Waals surface area (Å²) in [6, 6.07) is 46.7. The van der Waals surface area contributed by atoms with E-state index < -0.39 is 0 Å². The summed E-state index contributed by atoms with van der Waals surface area (Å²) in [5.41, 5.74) is 8.11. The van der Waals surface area contributed by atoms with Crippen molar-refractivity contribution in [2.75, 3.05) is 28.4 Å². The highest BCUT2D eigenvalue weighted by Crippen LogP contribution is 2.42. The molecule has 0 unspecified atom stereocenters.